The van der Waals surface area contributed by atoms with Gasteiger partial charge in [-0.25, -0.2) is 0 Å². The predicted molar refractivity (Wildman–Crippen MR) is 111 cm³/mol. The number of benzene rings is 1. The first-order chi connectivity index (χ1) is 14.4. The van der Waals surface area contributed by atoms with Gasteiger partial charge in [0.25, 0.3) is 5.91 Å². The highest BCUT2D eigenvalue weighted by atomic mass is 35.5. The van der Waals surface area contributed by atoms with Crippen LogP contribution in [-0.2, 0) is 11.8 Å². The molecule has 0 aliphatic carbocycles. The van der Waals surface area contributed by atoms with Gasteiger partial charge in [-0.1, -0.05) is 23.3 Å². The Hall–Kier alpha value is -3.39. The van der Waals surface area contributed by atoms with E-state index in [1.807, 2.05) is 13.2 Å². The van der Waals surface area contributed by atoms with Crippen LogP contribution < -0.4 is 5.32 Å². The van der Waals surface area contributed by atoms with E-state index < -0.39 is 0 Å². The fourth-order valence-corrected chi connectivity index (χ4v) is 3.74. The molecule has 154 valence electrons. The van der Waals surface area contributed by atoms with Crippen molar-refractivity contribution in [1.29, 1.82) is 0 Å². The third kappa shape index (κ3) is 3.99. The van der Waals surface area contributed by atoms with Crippen molar-refractivity contribution in [1.82, 2.24) is 25.2 Å². The number of carbonyl (C=O) groups is 2. The van der Waals surface area contributed by atoms with E-state index in [9.17, 15) is 9.59 Å². The molecule has 3 heterocycles. The summed E-state index contributed by atoms with van der Waals surface area (Å²) in [6.07, 6.45) is 4.86. The summed E-state index contributed by atoms with van der Waals surface area (Å²) in [6, 6.07) is 8.43. The number of aromatic nitrogens is 3. The van der Waals surface area contributed by atoms with Crippen LogP contribution in [0.5, 0.6) is 0 Å². The maximum atomic E-state index is 13.1. The standard InChI is InChI=1S/C21H20ClN5O3/c1-3-20(28)24-18-12-27(11-16(18)14-9-23-26(2)10-14)21(29)17-8-19(30-25-17)13-4-6-15(22)7-5-13/h3-10,16,18H,1,11-12H2,2H3,(H,24,28)/t16-,18+/m0/s1. The lowest BCUT2D eigenvalue weighted by Gasteiger charge is -2.17. The summed E-state index contributed by atoms with van der Waals surface area (Å²) in [5, 5.41) is 11.7. The maximum Gasteiger partial charge on any atom is 0.276 e. The Morgan fingerprint density at radius 3 is 2.73 bits per heavy atom. The van der Waals surface area contributed by atoms with E-state index >= 15 is 0 Å². The molecule has 4 rings (SSSR count). The third-order valence-electron chi connectivity index (χ3n) is 5.13. The molecule has 1 aliphatic rings. The minimum atomic E-state index is -0.283. The van der Waals surface area contributed by atoms with Gasteiger partial charge in [-0.2, -0.15) is 5.10 Å². The molecule has 9 heteroatoms. The van der Waals surface area contributed by atoms with E-state index in [1.165, 1.54) is 6.08 Å². The molecule has 1 aliphatic heterocycles. The van der Waals surface area contributed by atoms with Gasteiger partial charge in [0.2, 0.25) is 5.91 Å². The number of nitrogens with zero attached hydrogens (tertiary/aromatic N) is 4. The summed E-state index contributed by atoms with van der Waals surface area (Å²) in [6.45, 7) is 4.28. The molecule has 0 unspecified atom stereocenters. The van der Waals surface area contributed by atoms with Gasteiger partial charge in [-0.3, -0.25) is 14.3 Å². The molecule has 30 heavy (non-hydrogen) atoms. The first kappa shape index (κ1) is 19.9. The molecule has 2 aromatic heterocycles. The van der Waals surface area contributed by atoms with E-state index in [0.29, 0.717) is 23.9 Å². The topological polar surface area (TPSA) is 93.3 Å². The van der Waals surface area contributed by atoms with Crippen LogP contribution in [0.15, 0.2) is 59.9 Å². The van der Waals surface area contributed by atoms with E-state index in [4.69, 9.17) is 16.1 Å². The lowest BCUT2D eigenvalue weighted by Crippen LogP contribution is -2.39. The summed E-state index contributed by atoms with van der Waals surface area (Å²) in [7, 11) is 1.83. The number of amides is 2. The monoisotopic (exact) mass is 425 g/mol. The maximum absolute atomic E-state index is 13.1. The van der Waals surface area contributed by atoms with Crippen LogP contribution in [0.2, 0.25) is 5.02 Å². The van der Waals surface area contributed by atoms with Crippen molar-refractivity contribution in [2.24, 2.45) is 7.05 Å². The molecule has 1 aromatic carbocycles. The molecule has 1 N–H and O–H groups in total. The van der Waals surface area contributed by atoms with Crippen LogP contribution >= 0.6 is 11.6 Å². The Labute approximate surface area is 178 Å². The molecule has 0 saturated carbocycles. The summed E-state index contributed by atoms with van der Waals surface area (Å²) in [4.78, 5) is 26.6. The molecule has 1 saturated heterocycles. The van der Waals surface area contributed by atoms with E-state index in [2.05, 4.69) is 22.2 Å². The van der Waals surface area contributed by atoms with Crippen molar-refractivity contribution in [2.75, 3.05) is 13.1 Å². The van der Waals surface area contributed by atoms with Gasteiger partial charge in [0.05, 0.1) is 12.2 Å². The highest BCUT2D eigenvalue weighted by Gasteiger charge is 2.38. The van der Waals surface area contributed by atoms with Crippen LogP contribution in [0.4, 0.5) is 0 Å². The summed E-state index contributed by atoms with van der Waals surface area (Å²) >= 11 is 5.92. The van der Waals surface area contributed by atoms with Crippen molar-refractivity contribution in [3.63, 3.8) is 0 Å². The van der Waals surface area contributed by atoms with Gasteiger partial charge in [0.1, 0.15) is 0 Å². The SMILES string of the molecule is C=CC(=O)N[C@@H]1CN(C(=O)c2cc(-c3ccc(Cl)cc3)on2)C[C@H]1c1cnn(C)c1. The van der Waals surface area contributed by atoms with Crippen molar-refractivity contribution in [3.8, 4) is 11.3 Å². The number of hydrogen-bond donors (Lipinski definition) is 1. The van der Waals surface area contributed by atoms with Crippen molar-refractivity contribution < 1.29 is 14.1 Å². The average Bonchev–Trinajstić information content (AvgIpc) is 3.47. The van der Waals surface area contributed by atoms with E-state index in [0.717, 1.165) is 11.1 Å². The van der Waals surface area contributed by atoms with E-state index in [-0.39, 0.29) is 29.5 Å². The minimum absolute atomic E-state index is 0.0887. The molecule has 0 radical (unpaired) electrons. The molecule has 0 bridgehead atoms. The van der Waals surface area contributed by atoms with Crippen LogP contribution in [0.1, 0.15) is 22.0 Å². The van der Waals surface area contributed by atoms with Gasteiger partial charge in [-0.15, -0.1) is 0 Å². The quantitative estimate of drug-likeness (QED) is 0.634. The minimum Gasteiger partial charge on any atom is -0.355 e. The smallest absolute Gasteiger partial charge is 0.276 e. The number of rotatable bonds is 5. The second kappa shape index (κ2) is 8.16. The first-order valence-corrected chi connectivity index (χ1v) is 9.76. The zero-order valence-electron chi connectivity index (χ0n) is 16.3. The van der Waals surface area contributed by atoms with Crippen LogP contribution in [-0.4, -0.2) is 50.8 Å². The zero-order chi connectivity index (χ0) is 21.3. The number of nitrogens with one attached hydrogen (secondary N) is 1. The Bertz CT molecular complexity index is 1090. The Kier molecular flexibility index (Phi) is 5.41. The van der Waals surface area contributed by atoms with Crippen LogP contribution in [0.3, 0.4) is 0 Å². The number of carbonyl (C=O) groups excluding carboxylic acids is 2. The fraction of sp³-hybridized carbons (Fsp3) is 0.238. The molecule has 0 spiro atoms. The van der Waals surface area contributed by atoms with Gasteiger partial charge in [0, 0.05) is 48.9 Å². The molecule has 8 nitrogen and oxygen atoms in total. The molecule has 3 aromatic rings. The number of hydrogen-bond acceptors (Lipinski definition) is 5. The average molecular weight is 426 g/mol. The van der Waals surface area contributed by atoms with Crippen molar-refractivity contribution in [2.45, 2.75) is 12.0 Å². The van der Waals surface area contributed by atoms with Gasteiger partial charge >= 0.3 is 0 Å². The largest absolute Gasteiger partial charge is 0.355 e. The summed E-state index contributed by atoms with van der Waals surface area (Å²) < 4.78 is 7.05. The lowest BCUT2D eigenvalue weighted by molar-refractivity contribution is -0.117. The van der Waals surface area contributed by atoms with Crippen molar-refractivity contribution >= 4 is 23.4 Å². The van der Waals surface area contributed by atoms with Crippen molar-refractivity contribution in [3.05, 3.63) is 71.7 Å². The molecular formula is C21H20ClN5O3. The Morgan fingerprint density at radius 1 is 1.30 bits per heavy atom. The Morgan fingerprint density at radius 2 is 2.07 bits per heavy atom. The molecular weight excluding hydrogens is 406 g/mol. The van der Waals surface area contributed by atoms with E-state index in [1.54, 1.807) is 46.1 Å². The first-order valence-electron chi connectivity index (χ1n) is 9.38. The number of halogens is 1. The van der Waals surface area contributed by atoms with Gasteiger partial charge in [0.15, 0.2) is 11.5 Å². The zero-order valence-corrected chi connectivity index (χ0v) is 17.0. The highest BCUT2D eigenvalue weighted by Crippen LogP contribution is 2.29. The van der Waals surface area contributed by atoms with Crippen LogP contribution in [0.25, 0.3) is 11.3 Å². The molecule has 2 amide bonds. The second-order valence-corrected chi connectivity index (χ2v) is 7.60. The normalized spacial score (nSPS) is 18.4. The fourth-order valence-electron chi connectivity index (χ4n) is 3.62. The third-order valence-corrected chi connectivity index (χ3v) is 5.38. The van der Waals surface area contributed by atoms with Gasteiger partial charge in [-0.05, 0) is 35.9 Å². The molecule has 2 atom stereocenters. The summed E-state index contributed by atoms with van der Waals surface area (Å²) in [5.41, 5.74) is 1.93. The number of likely N-dealkylation sites (tertiary alicyclic amines) is 1. The second-order valence-electron chi connectivity index (χ2n) is 7.17. The van der Waals surface area contributed by atoms with Crippen LogP contribution in [0, 0.1) is 0 Å². The predicted octanol–water partition coefficient (Wildman–Crippen LogP) is 2.64. The van der Waals surface area contributed by atoms with Gasteiger partial charge < -0.3 is 14.7 Å². The number of aryl methyl sites for hydroxylation is 1. The highest BCUT2D eigenvalue weighted by molar-refractivity contribution is 6.30. The summed E-state index contributed by atoms with van der Waals surface area (Å²) in [5.74, 6) is -0.151. The molecule has 1 fully saturated rings. The lowest BCUT2D eigenvalue weighted by atomic mass is 9.97. The Balaban J connectivity index is 1.54.